The van der Waals surface area contributed by atoms with E-state index in [1.165, 1.54) is 89.9 Å². The summed E-state index contributed by atoms with van der Waals surface area (Å²) < 4.78 is 10.6. The largest absolute Gasteiger partial charge is 0.462 e. The summed E-state index contributed by atoms with van der Waals surface area (Å²) in [5.41, 5.74) is 0. The Morgan fingerprint density at radius 3 is 1.28 bits per heavy atom. The second-order valence-corrected chi connectivity index (χ2v) is 12.6. The van der Waals surface area contributed by atoms with E-state index in [-0.39, 0.29) is 25.2 Å². The van der Waals surface area contributed by atoms with Crippen molar-refractivity contribution in [2.45, 2.75) is 187 Å². The number of unbranched alkanes of at least 4 members (excludes halogenated alkanes) is 18. The Kier molecular flexibility index (Phi) is 35.6. The van der Waals surface area contributed by atoms with Gasteiger partial charge in [-0.2, -0.15) is 0 Å². The van der Waals surface area contributed by atoms with E-state index in [2.05, 4.69) is 62.5 Å². The Hall–Kier alpha value is -2.14. The summed E-state index contributed by atoms with van der Waals surface area (Å²) in [5.74, 6) is -0.618. The van der Waals surface area contributed by atoms with E-state index in [0.717, 1.165) is 64.2 Å². The SMILES string of the molecule is CCCCCC=CCC=CCCCCCCCCCC(=O)O[C@@H](CO)COC(=O)CCCCCCCC=CCC=CCCCCC. The molecule has 46 heavy (non-hydrogen) atoms. The lowest BCUT2D eigenvalue weighted by atomic mass is 10.1. The molecule has 0 bridgehead atoms. The van der Waals surface area contributed by atoms with Crippen LogP contribution in [-0.4, -0.2) is 36.4 Å². The molecule has 0 fully saturated rings. The molecule has 1 atom stereocenters. The van der Waals surface area contributed by atoms with Crippen molar-refractivity contribution >= 4 is 11.9 Å². The molecule has 0 aromatic heterocycles. The number of aliphatic hydroxyl groups excluding tert-OH is 1. The van der Waals surface area contributed by atoms with Crippen LogP contribution in [0.2, 0.25) is 0 Å². The molecule has 0 unspecified atom stereocenters. The van der Waals surface area contributed by atoms with Crippen molar-refractivity contribution in [2.75, 3.05) is 13.2 Å². The topological polar surface area (TPSA) is 72.8 Å². The first-order chi connectivity index (χ1) is 22.6. The van der Waals surface area contributed by atoms with Crippen LogP contribution in [0.4, 0.5) is 0 Å². The Morgan fingerprint density at radius 2 is 0.870 bits per heavy atom. The highest BCUT2D eigenvalue weighted by molar-refractivity contribution is 5.70. The van der Waals surface area contributed by atoms with E-state index in [4.69, 9.17) is 9.47 Å². The van der Waals surface area contributed by atoms with Crippen LogP contribution in [0.1, 0.15) is 181 Å². The average Bonchev–Trinajstić information content (AvgIpc) is 3.06. The fourth-order valence-corrected chi connectivity index (χ4v) is 5.14. The molecule has 5 nitrogen and oxygen atoms in total. The summed E-state index contributed by atoms with van der Waals surface area (Å²) in [6, 6.07) is 0. The molecule has 1 N–H and O–H groups in total. The number of allylic oxidation sites excluding steroid dienone is 8. The molecule has 0 saturated carbocycles. The zero-order valence-electron chi connectivity index (χ0n) is 30.1. The second kappa shape index (κ2) is 37.3. The van der Waals surface area contributed by atoms with Crippen molar-refractivity contribution in [1.29, 1.82) is 0 Å². The van der Waals surface area contributed by atoms with E-state index < -0.39 is 6.10 Å². The summed E-state index contributed by atoms with van der Waals surface area (Å²) >= 11 is 0. The van der Waals surface area contributed by atoms with Gasteiger partial charge in [0.15, 0.2) is 6.10 Å². The number of esters is 2. The van der Waals surface area contributed by atoms with Crippen LogP contribution < -0.4 is 0 Å². The molecule has 0 heterocycles. The van der Waals surface area contributed by atoms with Gasteiger partial charge in [0, 0.05) is 12.8 Å². The highest BCUT2D eigenvalue weighted by Crippen LogP contribution is 2.12. The van der Waals surface area contributed by atoms with Crippen LogP contribution in [-0.2, 0) is 19.1 Å². The monoisotopic (exact) mass is 645 g/mol. The standard InChI is InChI=1S/C41H72O5/c1-3-5-7-9-11-13-15-17-19-20-22-24-26-28-30-32-34-36-41(44)46-39(37-42)38-45-40(43)35-33-31-29-27-25-23-21-18-16-14-12-10-8-6-4-2/h11-14,17-19,21,39,42H,3-10,15-16,20,22-38H2,1-2H3/t39-/m0/s1. The smallest absolute Gasteiger partial charge is 0.306 e. The fraction of sp³-hybridized carbons (Fsp3) is 0.756. The predicted octanol–water partition coefficient (Wildman–Crippen LogP) is 11.8. The van der Waals surface area contributed by atoms with E-state index in [9.17, 15) is 14.7 Å². The first kappa shape index (κ1) is 43.9. The van der Waals surface area contributed by atoms with Crippen LogP contribution in [0, 0.1) is 0 Å². The summed E-state index contributed by atoms with van der Waals surface area (Å²) in [4.78, 5) is 24.2. The highest BCUT2D eigenvalue weighted by Gasteiger charge is 2.16. The van der Waals surface area contributed by atoms with Gasteiger partial charge in [0.1, 0.15) is 6.61 Å². The minimum Gasteiger partial charge on any atom is -0.462 e. The van der Waals surface area contributed by atoms with E-state index in [1.54, 1.807) is 0 Å². The number of ether oxygens (including phenoxy) is 2. The van der Waals surface area contributed by atoms with Crippen molar-refractivity contribution in [2.24, 2.45) is 0 Å². The third kappa shape index (κ3) is 34.7. The number of carbonyl (C=O) groups is 2. The van der Waals surface area contributed by atoms with Crippen LogP contribution in [0.25, 0.3) is 0 Å². The molecular weight excluding hydrogens is 572 g/mol. The molecule has 0 spiro atoms. The molecule has 0 aliphatic carbocycles. The molecule has 0 amide bonds. The van der Waals surface area contributed by atoms with Gasteiger partial charge in [-0.3, -0.25) is 9.59 Å². The lowest BCUT2D eigenvalue weighted by Gasteiger charge is -2.15. The minimum atomic E-state index is -0.781. The van der Waals surface area contributed by atoms with Gasteiger partial charge in [-0.05, 0) is 77.0 Å². The molecule has 0 aliphatic rings. The molecule has 0 aromatic rings. The molecule has 0 radical (unpaired) electrons. The minimum absolute atomic E-state index is 0.0771. The average molecular weight is 645 g/mol. The van der Waals surface area contributed by atoms with Gasteiger partial charge in [-0.1, -0.05) is 140 Å². The van der Waals surface area contributed by atoms with Gasteiger partial charge in [0.2, 0.25) is 0 Å². The van der Waals surface area contributed by atoms with Crippen molar-refractivity contribution in [1.82, 2.24) is 0 Å². The van der Waals surface area contributed by atoms with Gasteiger partial charge < -0.3 is 14.6 Å². The Balaban J connectivity index is 3.61. The van der Waals surface area contributed by atoms with Gasteiger partial charge in [-0.25, -0.2) is 0 Å². The molecule has 0 aromatic carbocycles. The lowest BCUT2D eigenvalue weighted by Crippen LogP contribution is -2.28. The van der Waals surface area contributed by atoms with Crippen molar-refractivity contribution < 1.29 is 24.2 Å². The molecule has 5 heteroatoms. The second-order valence-electron chi connectivity index (χ2n) is 12.6. The Morgan fingerprint density at radius 1 is 0.500 bits per heavy atom. The summed E-state index contributed by atoms with van der Waals surface area (Å²) in [6.07, 6.45) is 45.9. The normalized spacial score (nSPS) is 12.7. The third-order valence-corrected chi connectivity index (χ3v) is 8.10. The number of rotatable bonds is 34. The summed E-state index contributed by atoms with van der Waals surface area (Å²) in [6.45, 7) is 4.06. The number of hydrogen-bond acceptors (Lipinski definition) is 5. The van der Waals surface area contributed by atoms with E-state index >= 15 is 0 Å². The number of aliphatic hydroxyl groups is 1. The Labute approximate surface area is 284 Å². The Bertz CT molecular complexity index is 782. The van der Waals surface area contributed by atoms with Crippen LogP contribution >= 0.6 is 0 Å². The molecule has 0 rings (SSSR count). The molecular formula is C41H72O5. The van der Waals surface area contributed by atoms with Gasteiger partial charge in [0.05, 0.1) is 6.61 Å². The zero-order valence-corrected chi connectivity index (χ0v) is 30.1. The van der Waals surface area contributed by atoms with Crippen molar-refractivity contribution in [3.63, 3.8) is 0 Å². The third-order valence-electron chi connectivity index (χ3n) is 8.10. The van der Waals surface area contributed by atoms with E-state index in [0.29, 0.717) is 12.8 Å². The van der Waals surface area contributed by atoms with Gasteiger partial charge in [0.25, 0.3) is 0 Å². The summed E-state index contributed by atoms with van der Waals surface area (Å²) in [7, 11) is 0. The highest BCUT2D eigenvalue weighted by atomic mass is 16.6. The van der Waals surface area contributed by atoms with Gasteiger partial charge >= 0.3 is 11.9 Å². The molecule has 0 saturated heterocycles. The quantitative estimate of drug-likeness (QED) is 0.0429. The van der Waals surface area contributed by atoms with Crippen molar-refractivity contribution in [3.8, 4) is 0 Å². The number of carbonyl (C=O) groups excluding carboxylic acids is 2. The van der Waals surface area contributed by atoms with E-state index in [1.807, 2.05) is 0 Å². The molecule has 266 valence electrons. The molecule has 0 aliphatic heterocycles. The van der Waals surface area contributed by atoms with Gasteiger partial charge in [-0.15, -0.1) is 0 Å². The van der Waals surface area contributed by atoms with Crippen LogP contribution in [0.5, 0.6) is 0 Å². The maximum absolute atomic E-state index is 12.2. The van der Waals surface area contributed by atoms with Crippen LogP contribution in [0.3, 0.4) is 0 Å². The first-order valence-electron chi connectivity index (χ1n) is 19.2. The summed E-state index contributed by atoms with van der Waals surface area (Å²) in [5, 5.41) is 9.54. The number of hydrogen-bond donors (Lipinski definition) is 1. The van der Waals surface area contributed by atoms with Crippen molar-refractivity contribution in [3.05, 3.63) is 48.6 Å². The lowest BCUT2D eigenvalue weighted by molar-refractivity contribution is -0.161. The maximum Gasteiger partial charge on any atom is 0.306 e. The predicted molar refractivity (Wildman–Crippen MR) is 196 cm³/mol. The zero-order chi connectivity index (χ0) is 33.6. The maximum atomic E-state index is 12.2. The van der Waals surface area contributed by atoms with Crippen LogP contribution in [0.15, 0.2) is 48.6 Å². The first-order valence-corrected chi connectivity index (χ1v) is 19.2. The fourth-order valence-electron chi connectivity index (χ4n) is 5.14.